The molecule has 1 amide bonds. The van der Waals surface area contributed by atoms with Gasteiger partial charge < -0.3 is 5.32 Å². The van der Waals surface area contributed by atoms with Gasteiger partial charge in [0.15, 0.2) is 0 Å². The van der Waals surface area contributed by atoms with E-state index < -0.39 is 9.96 Å². The van der Waals surface area contributed by atoms with Crippen LogP contribution in [0, 0.1) is 6.92 Å². The van der Waals surface area contributed by atoms with Crippen LogP contribution < -0.4 is 5.32 Å². The lowest BCUT2D eigenvalue weighted by molar-refractivity contribution is 0.0853. The van der Waals surface area contributed by atoms with Gasteiger partial charge in [0, 0.05) is 18.7 Å². The van der Waals surface area contributed by atoms with Crippen molar-refractivity contribution in [3.8, 4) is 0 Å². The first kappa shape index (κ1) is 17.9. The molecule has 0 unspecified atom stereocenters. The fourth-order valence-electron chi connectivity index (χ4n) is 2.73. The van der Waals surface area contributed by atoms with Gasteiger partial charge in [0.2, 0.25) is 3.79 Å². The van der Waals surface area contributed by atoms with Crippen LogP contribution in [0.15, 0.2) is 24.3 Å². The molecule has 1 saturated heterocycles. The fourth-order valence-corrected chi connectivity index (χ4v) is 3.30. The Morgan fingerprint density at radius 1 is 1.18 bits per heavy atom. The van der Waals surface area contributed by atoms with E-state index in [1.807, 2.05) is 25.1 Å². The molecule has 1 heterocycles. The van der Waals surface area contributed by atoms with Gasteiger partial charge in [-0.3, -0.25) is 9.69 Å². The van der Waals surface area contributed by atoms with E-state index in [-0.39, 0.29) is 5.91 Å². The van der Waals surface area contributed by atoms with E-state index in [0.29, 0.717) is 5.56 Å². The summed E-state index contributed by atoms with van der Waals surface area (Å²) in [6.07, 6.45) is 3.84. The Bertz CT molecular complexity index is 508. The lowest BCUT2D eigenvalue weighted by Crippen LogP contribution is -2.55. The highest BCUT2D eigenvalue weighted by molar-refractivity contribution is 6.68. The fraction of sp³-hybridized carbons (Fsp3) is 0.562. The second-order valence-corrected chi connectivity index (χ2v) is 8.11. The molecule has 0 radical (unpaired) electrons. The predicted molar refractivity (Wildman–Crippen MR) is 92.8 cm³/mol. The summed E-state index contributed by atoms with van der Waals surface area (Å²) in [4.78, 5) is 14.5. The minimum Gasteiger partial charge on any atom is -0.332 e. The molecule has 1 N–H and O–H groups in total. The van der Waals surface area contributed by atoms with Crippen LogP contribution in [-0.4, -0.2) is 33.9 Å². The molecule has 0 bridgehead atoms. The molecule has 1 aliphatic heterocycles. The summed E-state index contributed by atoms with van der Waals surface area (Å²) in [6, 6.07) is 7.38. The van der Waals surface area contributed by atoms with Crippen molar-refractivity contribution in [3.63, 3.8) is 0 Å². The molecular weight excluding hydrogens is 343 g/mol. The number of benzene rings is 1. The maximum absolute atomic E-state index is 12.5. The van der Waals surface area contributed by atoms with Gasteiger partial charge in [0.25, 0.3) is 5.91 Å². The summed E-state index contributed by atoms with van der Waals surface area (Å²) >= 11 is 18.4. The minimum absolute atomic E-state index is 0.218. The number of amides is 1. The minimum atomic E-state index is -1.57. The van der Waals surface area contributed by atoms with Gasteiger partial charge in [0.05, 0.1) is 0 Å². The zero-order valence-electron chi connectivity index (χ0n) is 12.6. The van der Waals surface area contributed by atoms with Gasteiger partial charge in [-0.05, 0) is 31.9 Å². The Kier molecular flexibility index (Phi) is 6.39. The van der Waals surface area contributed by atoms with Crippen LogP contribution in [-0.2, 0) is 0 Å². The maximum Gasteiger partial charge on any atom is 0.252 e. The normalized spacial score (nSPS) is 18.5. The van der Waals surface area contributed by atoms with Crippen LogP contribution in [0.25, 0.3) is 0 Å². The summed E-state index contributed by atoms with van der Waals surface area (Å²) in [5, 5.41) is 2.89. The molecule has 3 nitrogen and oxygen atoms in total. The van der Waals surface area contributed by atoms with Crippen LogP contribution in [0.4, 0.5) is 0 Å². The molecule has 122 valence electrons. The zero-order chi connectivity index (χ0) is 16.2. The molecule has 1 aromatic rings. The van der Waals surface area contributed by atoms with E-state index in [2.05, 4.69) is 10.2 Å². The molecule has 1 aliphatic rings. The number of hydrogen-bond donors (Lipinski definition) is 1. The third kappa shape index (κ3) is 5.02. The lowest BCUT2D eigenvalue weighted by atomic mass is 10.1. The van der Waals surface area contributed by atoms with Crippen molar-refractivity contribution < 1.29 is 4.79 Å². The van der Waals surface area contributed by atoms with E-state index >= 15 is 0 Å². The number of nitrogens with one attached hydrogen (secondary N) is 1. The van der Waals surface area contributed by atoms with Crippen molar-refractivity contribution in [2.24, 2.45) is 0 Å². The summed E-state index contributed by atoms with van der Waals surface area (Å²) < 4.78 is -1.57. The molecule has 0 aliphatic carbocycles. The van der Waals surface area contributed by atoms with Gasteiger partial charge in [-0.2, -0.15) is 0 Å². The molecule has 6 heteroatoms. The SMILES string of the molecule is Cc1cccc(C(=O)N[C@@H](N2CCCCCC2)C(Cl)(Cl)Cl)c1. The quantitative estimate of drug-likeness (QED) is 0.812. The van der Waals surface area contributed by atoms with Crippen molar-refractivity contribution in [2.75, 3.05) is 13.1 Å². The van der Waals surface area contributed by atoms with Gasteiger partial charge in [-0.25, -0.2) is 0 Å². The largest absolute Gasteiger partial charge is 0.332 e. The Labute approximate surface area is 146 Å². The molecule has 0 saturated carbocycles. The lowest BCUT2D eigenvalue weighted by Gasteiger charge is -2.35. The van der Waals surface area contributed by atoms with E-state index in [4.69, 9.17) is 34.8 Å². The van der Waals surface area contributed by atoms with Gasteiger partial charge in [-0.15, -0.1) is 0 Å². The number of carbonyl (C=O) groups is 1. The van der Waals surface area contributed by atoms with Crippen LogP contribution >= 0.6 is 34.8 Å². The number of likely N-dealkylation sites (tertiary alicyclic amines) is 1. The smallest absolute Gasteiger partial charge is 0.252 e. The first-order chi connectivity index (χ1) is 10.4. The summed E-state index contributed by atoms with van der Waals surface area (Å²) in [5.41, 5.74) is 1.60. The molecule has 0 spiro atoms. The highest BCUT2D eigenvalue weighted by Gasteiger charge is 2.38. The Hall–Kier alpha value is -0.480. The van der Waals surface area contributed by atoms with E-state index in [1.165, 1.54) is 12.8 Å². The number of aryl methyl sites for hydroxylation is 1. The summed E-state index contributed by atoms with van der Waals surface area (Å²) in [6.45, 7) is 3.59. The number of rotatable bonds is 3. The average Bonchev–Trinajstić information content (AvgIpc) is 2.72. The molecular formula is C16H21Cl3N2O. The standard InChI is InChI=1S/C16H21Cl3N2O/c1-12-7-6-8-13(11-12)14(22)20-15(16(17,18)19)21-9-4-2-3-5-10-21/h6-8,11,15H,2-5,9-10H2,1H3,(H,20,22)/t15-/m0/s1. The number of nitrogens with zero attached hydrogens (tertiary/aromatic N) is 1. The summed E-state index contributed by atoms with van der Waals surface area (Å²) in [7, 11) is 0. The van der Waals surface area contributed by atoms with Crippen molar-refractivity contribution in [1.29, 1.82) is 0 Å². The van der Waals surface area contributed by atoms with Gasteiger partial charge in [0.1, 0.15) is 6.17 Å². The second kappa shape index (κ2) is 7.87. The van der Waals surface area contributed by atoms with E-state index in [0.717, 1.165) is 31.5 Å². The maximum atomic E-state index is 12.5. The Morgan fingerprint density at radius 3 is 2.36 bits per heavy atom. The average molecular weight is 364 g/mol. The Morgan fingerprint density at radius 2 is 1.82 bits per heavy atom. The van der Waals surface area contributed by atoms with E-state index in [1.54, 1.807) is 6.07 Å². The van der Waals surface area contributed by atoms with Crippen molar-refractivity contribution in [1.82, 2.24) is 10.2 Å². The highest BCUT2D eigenvalue weighted by Crippen LogP contribution is 2.33. The molecule has 0 aromatic heterocycles. The highest BCUT2D eigenvalue weighted by atomic mass is 35.6. The number of carbonyl (C=O) groups excluding carboxylic acids is 1. The monoisotopic (exact) mass is 362 g/mol. The topological polar surface area (TPSA) is 32.3 Å². The molecule has 1 aromatic carbocycles. The molecule has 2 rings (SSSR count). The summed E-state index contributed by atoms with van der Waals surface area (Å²) in [5.74, 6) is -0.218. The molecule has 1 fully saturated rings. The number of halogens is 3. The number of alkyl halides is 3. The molecule has 1 atom stereocenters. The van der Waals surface area contributed by atoms with Crippen molar-refractivity contribution in [2.45, 2.75) is 42.6 Å². The van der Waals surface area contributed by atoms with Gasteiger partial charge in [-0.1, -0.05) is 65.3 Å². The first-order valence-corrected chi connectivity index (χ1v) is 8.69. The zero-order valence-corrected chi connectivity index (χ0v) is 14.9. The van der Waals surface area contributed by atoms with Crippen LogP contribution in [0.3, 0.4) is 0 Å². The van der Waals surface area contributed by atoms with Crippen molar-refractivity contribution >= 4 is 40.7 Å². The number of hydrogen-bond acceptors (Lipinski definition) is 2. The third-order valence-corrected chi connectivity index (χ3v) is 4.48. The van der Waals surface area contributed by atoms with Gasteiger partial charge >= 0.3 is 0 Å². The van der Waals surface area contributed by atoms with Crippen molar-refractivity contribution in [3.05, 3.63) is 35.4 Å². The second-order valence-electron chi connectivity index (χ2n) is 5.74. The third-order valence-electron chi connectivity index (χ3n) is 3.86. The van der Waals surface area contributed by atoms with Crippen LogP contribution in [0.1, 0.15) is 41.6 Å². The predicted octanol–water partition coefficient (Wildman–Crippen LogP) is 4.30. The first-order valence-electron chi connectivity index (χ1n) is 7.56. The Balaban J connectivity index is 2.14. The van der Waals surface area contributed by atoms with Crippen LogP contribution in [0.5, 0.6) is 0 Å². The van der Waals surface area contributed by atoms with E-state index in [9.17, 15) is 4.79 Å². The van der Waals surface area contributed by atoms with Crippen LogP contribution in [0.2, 0.25) is 0 Å². The molecule has 22 heavy (non-hydrogen) atoms.